The Morgan fingerprint density at radius 2 is 2.32 bits per heavy atom. The lowest BCUT2D eigenvalue weighted by Crippen LogP contribution is -2.28. The van der Waals surface area contributed by atoms with Gasteiger partial charge in [0.05, 0.1) is 18.9 Å². The summed E-state index contributed by atoms with van der Waals surface area (Å²) in [6.45, 7) is 0.541. The third-order valence-electron chi connectivity index (χ3n) is 3.56. The molecule has 0 spiro atoms. The van der Waals surface area contributed by atoms with Gasteiger partial charge in [-0.15, -0.1) is 0 Å². The van der Waals surface area contributed by atoms with Crippen molar-refractivity contribution in [2.24, 2.45) is 7.05 Å². The normalized spacial score (nSPS) is 15.4. The Hall–Kier alpha value is -1.90. The number of aliphatic hydroxyl groups excluding tert-OH is 1. The van der Waals surface area contributed by atoms with E-state index in [-0.39, 0.29) is 11.4 Å². The number of nitrogens with zero attached hydrogens (tertiary/aromatic N) is 2. The van der Waals surface area contributed by atoms with Crippen LogP contribution in [0.15, 0.2) is 35.5 Å². The molecule has 2 aromatic rings. The summed E-state index contributed by atoms with van der Waals surface area (Å²) < 4.78 is 33.4. The van der Waals surface area contributed by atoms with Gasteiger partial charge in [0.25, 0.3) is 0 Å². The predicted octanol–water partition coefficient (Wildman–Crippen LogP) is 0.367. The summed E-state index contributed by atoms with van der Waals surface area (Å²) in [5.41, 5.74) is 1.70. The summed E-state index contributed by atoms with van der Waals surface area (Å²) in [6.07, 6.45) is 2.55. The average Bonchev–Trinajstić information content (AvgIpc) is 3.12. The molecule has 0 aliphatic carbocycles. The van der Waals surface area contributed by atoms with E-state index in [1.165, 1.54) is 17.1 Å². The maximum Gasteiger partial charge on any atom is 0.243 e. The van der Waals surface area contributed by atoms with E-state index in [1.807, 2.05) is 6.07 Å². The molecule has 8 heteroatoms. The van der Waals surface area contributed by atoms with Crippen molar-refractivity contribution in [3.63, 3.8) is 0 Å². The van der Waals surface area contributed by atoms with Crippen molar-refractivity contribution < 1.29 is 18.3 Å². The molecule has 1 atom stereocenters. The summed E-state index contributed by atoms with van der Waals surface area (Å²) in [4.78, 5) is 0.0737. The first-order chi connectivity index (χ1) is 10.5. The maximum absolute atomic E-state index is 12.1. The van der Waals surface area contributed by atoms with Gasteiger partial charge in [-0.1, -0.05) is 6.07 Å². The Labute approximate surface area is 128 Å². The highest BCUT2D eigenvalue weighted by molar-refractivity contribution is 7.89. The Kier molecular flexibility index (Phi) is 3.90. The molecule has 0 amide bonds. The second-order valence-corrected chi connectivity index (χ2v) is 6.95. The van der Waals surface area contributed by atoms with Crippen molar-refractivity contribution in [1.82, 2.24) is 14.5 Å². The Morgan fingerprint density at radius 1 is 1.50 bits per heavy atom. The van der Waals surface area contributed by atoms with E-state index in [1.54, 1.807) is 19.2 Å². The van der Waals surface area contributed by atoms with Crippen LogP contribution in [-0.2, 0) is 23.5 Å². The SMILES string of the molecule is Cn1cc(S(=O)(=O)NC[C@@H](O)c2ccc3c(c2)CCO3)cn1. The van der Waals surface area contributed by atoms with Crippen molar-refractivity contribution in [3.8, 4) is 5.75 Å². The highest BCUT2D eigenvalue weighted by Gasteiger charge is 2.20. The molecule has 7 nitrogen and oxygen atoms in total. The van der Waals surface area contributed by atoms with Gasteiger partial charge in [-0.2, -0.15) is 5.10 Å². The first kappa shape index (κ1) is 15.0. The summed E-state index contributed by atoms with van der Waals surface area (Å²) >= 11 is 0. The molecule has 1 aliphatic rings. The van der Waals surface area contributed by atoms with Crippen molar-refractivity contribution in [2.75, 3.05) is 13.2 Å². The van der Waals surface area contributed by atoms with E-state index in [4.69, 9.17) is 4.74 Å². The van der Waals surface area contributed by atoms with Crippen LogP contribution in [0.2, 0.25) is 0 Å². The van der Waals surface area contributed by atoms with Crippen molar-refractivity contribution in [3.05, 3.63) is 41.7 Å². The molecule has 0 unspecified atom stereocenters. The van der Waals surface area contributed by atoms with Gasteiger partial charge in [0.15, 0.2) is 0 Å². The quantitative estimate of drug-likeness (QED) is 0.829. The van der Waals surface area contributed by atoms with Crippen LogP contribution in [0.25, 0.3) is 0 Å². The van der Waals surface area contributed by atoms with Gasteiger partial charge in [0.1, 0.15) is 10.6 Å². The monoisotopic (exact) mass is 323 g/mol. The summed E-state index contributed by atoms with van der Waals surface area (Å²) in [6, 6.07) is 5.40. The fourth-order valence-corrected chi connectivity index (χ4v) is 3.36. The van der Waals surface area contributed by atoms with Gasteiger partial charge < -0.3 is 9.84 Å². The van der Waals surface area contributed by atoms with E-state index in [2.05, 4.69) is 9.82 Å². The largest absolute Gasteiger partial charge is 0.493 e. The van der Waals surface area contributed by atoms with Gasteiger partial charge in [-0.25, -0.2) is 13.1 Å². The first-order valence-electron chi connectivity index (χ1n) is 6.88. The van der Waals surface area contributed by atoms with Crippen LogP contribution in [-0.4, -0.2) is 36.5 Å². The zero-order chi connectivity index (χ0) is 15.7. The zero-order valence-corrected chi connectivity index (χ0v) is 12.9. The number of aliphatic hydroxyl groups is 1. The number of ether oxygens (including phenoxy) is 1. The number of sulfonamides is 1. The van der Waals surface area contributed by atoms with Gasteiger partial charge in [-0.05, 0) is 23.3 Å². The van der Waals surface area contributed by atoms with E-state index in [9.17, 15) is 13.5 Å². The molecule has 2 N–H and O–H groups in total. The number of rotatable bonds is 5. The molecule has 1 aromatic heterocycles. The third-order valence-corrected chi connectivity index (χ3v) is 4.93. The number of aromatic nitrogens is 2. The molecule has 22 heavy (non-hydrogen) atoms. The Bertz CT molecular complexity index is 785. The molecule has 0 fully saturated rings. The molecular formula is C14H17N3O4S. The number of benzene rings is 1. The van der Waals surface area contributed by atoms with Crippen LogP contribution in [0.1, 0.15) is 17.2 Å². The van der Waals surface area contributed by atoms with Crippen LogP contribution in [0.5, 0.6) is 5.75 Å². The number of hydrogen-bond donors (Lipinski definition) is 2. The Balaban J connectivity index is 1.68. The number of nitrogens with one attached hydrogen (secondary N) is 1. The topological polar surface area (TPSA) is 93.5 Å². The standard InChI is InChI=1S/C14H17N3O4S/c1-17-9-12(7-15-17)22(19,20)16-8-13(18)10-2-3-14-11(6-10)4-5-21-14/h2-3,6-7,9,13,16,18H,4-5,8H2,1H3/t13-/m1/s1. The second kappa shape index (κ2) is 5.71. The van der Waals surface area contributed by atoms with Crippen molar-refractivity contribution in [2.45, 2.75) is 17.4 Å². The van der Waals surface area contributed by atoms with E-state index in [0.717, 1.165) is 17.7 Å². The molecule has 0 radical (unpaired) electrons. The molecular weight excluding hydrogens is 306 g/mol. The molecule has 0 bridgehead atoms. The lowest BCUT2D eigenvalue weighted by Gasteiger charge is -2.13. The fraction of sp³-hybridized carbons (Fsp3) is 0.357. The lowest BCUT2D eigenvalue weighted by atomic mass is 10.0. The Morgan fingerprint density at radius 3 is 3.05 bits per heavy atom. The molecule has 0 saturated heterocycles. The van der Waals surface area contributed by atoms with Crippen LogP contribution in [0.4, 0.5) is 0 Å². The van der Waals surface area contributed by atoms with Gasteiger partial charge in [0, 0.05) is 26.2 Å². The summed E-state index contributed by atoms with van der Waals surface area (Å²) in [7, 11) is -2.03. The van der Waals surface area contributed by atoms with Crippen LogP contribution >= 0.6 is 0 Å². The summed E-state index contributed by atoms with van der Waals surface area (Å²) in [5, 5.41) is 14.0. The highest BCUT2D eigenvalue weighted by atomic mass is 32.2. The second-order valence-electron chi connectivity index (χ2n) is 5.18. The van der Waals surface area contributed by atoms with Crippen molar-refractivity contribution in [1.29, 1.82) is 0 Å². The van der Waals surface area contributed by atoms with E-state index >= 15 is 0 Å². The lowest BCUT2D eigenvalue weighted by molar-refractivity contribution is 0.182. The van der Waals surface area contributed by atoms with Crippen LogP contribution in [0, 0.1) is 0 Å². The van der Waals surface area contributed by atoms with Crippen LogP contribution < -0.4 is 9.46 Å². The van der Waals surface area contributed by atoms with E-state index < -0.39 is 16.1 Å². The minimum absolute atomic E-state index is 0.0737. The zero-order valence-electron chi connectivity index (χ0n) is 12.1. The molecule has 2 heterocycles. The minimum atomic E-state index is -3.67. The fourth-order valence-electron chi connectivity index (χ4n) is 2.34. The van der Waals surface area contributed by atoms with Crippen LogP contribution in [0.3, 0.4) is 0 Å². The minimum Gasteiger partial charge on any atom is -0.493 e. The first-order valence-corrected chi connectivity index (χ1v) is 8.36. The van der Waals surface area contributed by atoms with Crippen molar-refractivity contribution >= 4 is 10.0 Å². The molecule has 118 valence electrons. The molecule has 3 rings (SSSR count). The van der Waals surface area contributed by atoms with Gasteiger partial charge >= 0.3 is 0 Å². The number of hydrogen-bond acceptors (Lipinski definition) is 5. The highest BCUT2D eigenvalue weighted by Crippen LogP contribution is 2.28. The number of aryl methyl sites for hydroxylation is 1. The van der Waals surface area contributed by atoms with E-state index in [0.29, 0.717) is 12.2 Å². The molecule has 1 aliphatic heterocycles. The maximum atomic E-state index is 12.1. The smallest absolute Gasteiger partial charge is 0.243 e. The average molecular weight is 323 g/mol. The third kappa shape index (κ3) is 2.99. The number of fused-ring (bicyclic) bond motifs is 1. The van der Waals surface area contributed by atoms with Gasteiger partial charge in [-0.3, -0.25) is 4.68 Å². The predicted molar refractivity (Wildman–Crippen MR) is 79.0 cm³/mol. The molecule has 0 saturated carbocycles. The molecule has 1 aromatic carbocycles. The summed E-state index contributed by atoms with van der Waals surface area (Å²) in [5.74, 6) is 0.826. The van der Waals surface area contributed by atoms with Gasteiger partial charge in [0.2, 0.25) is 10.0 Å².